The summed E-state index contributed by atoms with van der Waals surface area (Å²) in [6.07, 6.45) is 7.49. The SMILES string of the molecule is [CH3][Sn]([CH3])([CH3])[C@@H]1CCCC[C@@H](O)CC1. The average molecular weight is 291 g/mol. The van der Waals surface area contributed by atoms with Crippen molar-refractivity contribution >= 4 is 18.4 Å². The van der Waals surface area contributed by atoms with Gasteiger partial charge in [-0.15, -0.1) is 0 Å². The van der Waals surface area contributed by atoms with Crippen LogP contribution in [0.2, 0.25) is 18.8 Å². The number of hydrogen-bond donors (Lipinski definition) is 1. The van der Waals surface area contributed by atoms with E-state index in [9.17, 15) is 5.11 Å². The van der Waals surface area contributed by atoms with E-state index in [0.29, 0.717) is 0 Å². The molecule has 0 bridgehead atoms. The van der Waals surface area contributed by atoms with Gasteiger partial charge >= 0.3 is 86.9 Å². The van der Waals surface area contributed by atoms with Gasteiger partial charge in [0.25, 0.3) is 0 Å². The van der Waals surface area contributed by atoms with Gasteiger partial charge in [-0.25, -0.2) is 0 Å². The van der Waals surface area contributed by atoms with Crippen molar-refractivity contribution in [3.63, 3.8) is 0 Å². The fourth-order valence-electron chi connectivity index (χ4n) is 2.32. The van der Waals surface area contributed by atoms with Gasteiger partial charge in [0, 0.05) is 0 Å². The molecule has 1 N–H and O–H groups in total. The molecule has 1 fully saturated rings. The second-order valence-electron chi connectivity index (χ2n) is 5.58. The number of aliphatic hydroxyl groups excluding tert-OH is 1. The van der Waals surface area contributed by atoms with Crippen LogP contribution in [-0.4, -0.2) is 29.6 Å². The van der Waals surface area contributed by atoms with E-state index in [1.807, 2.05) is 0 Å². The summed E-state index contributed by atoms with van der Waals surface area (Å²) in [6, 6.07) is 0. The van der Waals surface area contributed by atoms with Crippen molar-refractivity contribution in [1.29, 1.82) is 0 Å². The van der Waals surface area contributed by atoms with Crippen LogP contribution in [0.25, 0.3) is 0 Å². The van der Waals surface area contributed by atoms with Crippen molar-refractivity contribution in [2.45, 2.75) is 63.4 Å². The molecule has 0 radical (unpaired) electrons. The predicted molar refractivity (Wildman–Crippen MR) is 60.8 cm³/mol. The molecule has 0 spiro atoms. The third-order valence-corrected chi connectivity index (χ3v) is 12.1. The van der Waals surface area contributed by atoms with E-state index in [-0.39, 0.29) is 6.10 Å². The Balaban J connectivity index is 2.46. The van der Waals surface area contributed by atoms with Crippen LogP contribution in [0.1, 0.15) is 38.5 Å². The minimum absolute atomic E-state index is 0.0106. The number of rotatable bonds is 1. The van der Waals surface area contributed by atoms with Crippen molar-refractivity contribution in [1.82, 2.24) is 0 Å². The van der Waals surface area contributed by atoms with Gasteiger partial charge in [-0.3, -0.25) is 0 Å². The first-order chi connectivity index (χ1) is 6.00. The standard InChI is InChI=1S/C8H15O.3CH3.Sn/c9-8-6-4-2-1-3-5-7-8;;;;/h2,8-9H,1,3-7H2;3*1H3;/t8-;;;;/m0..../s1. The monoisotopic (exact) mass is 292 g/mol. The molecular formula is C11H24OSn. The van der Waals surface area contributed by atoms with E-state index < -0.39 is 18.4 Å². The van der Waals surface area contributed by atoms with E-state index >= 15 is 0 Å². The molecule has 0 aromatic carbocycles. The van der Waals surface area contributed by atoms with Gasteiger partial charge in [-0.05, 0) is 0 Å². The van der Waals surface area contributed by atoms with Crippen LogP contribution >= 0.6 is 0 Å². The van der Waals surface area contributed by atoms with Crippen molar-refractivity contribution < 1.29 is 5.11 Å². The Bertz CT molecular complexity index is 151. The van der Waals surface area contributed by atoms with Crippen LogP contribution in [0, 0.1) is 0 Å². The zero-order valence-electron chi connectivity index (χ0n) is 9.34. The maximum absolute atomic E-state index is 9.62. The molecule has 0 aliphatic heterocycles. The normalized spacial score (nSPS) is 32.3. The zero-order chi connectivity index (χ0) is 9.90. The van der Waals surface area contributed by atoms with Gasteiger partial charge < -0.3 is 0 Å². The summed E-state index contributed by atoms with van der Waals surface area (Å²) in [7, 11) is 0. The number of hydrogen-bond acceptors (Lipinski definition) is 1. The Labute approximate surface area is 86.8 Å². The quantitative estimate of drug-likeness (QED) is 0.734. The van der Waals surface area contributed by atoms with Crippen LogP contribution in [0.5, 0.6) is 0 Å². The molecule has 1 saturated carbocycles. The summed E-state index contributed by atoms with van der Waals surface area (Å²) in [5.41, 5.74) is 0. The Morgan fingerprint density at radius 2 is 1.54 bits per heavy atom. The molecule has 0 aromatic rings. The minimum atomic E-state index is -1.66. The zero-order valence-corrected chi connectivity index (χ0v) is 12.2. The fourth-order valence-corrected chi connectivity index (χ4v) is 8.32. The van der Waals surface area contributed by atoms with Crippen molar-refractivity contribution in [2.75, 3.05) is 0 Å². The molecule has 2 atom stereocenters. The molecule has 78 valence electrons. The number of aliphatic hydroxyl groups is 1. The Morgan fingerprint density at radius 1 is 0.923 bits per heavy atom. The van der Waals surface area contributed by atoms with E-state index in [4.69, 9.17) is 0 Å². The topological polar surface area (TPSA) is 20.2 Å². The second-order valence-corrected chi connectivity index (χ2v) is 21.4. The molecular weight excluding hydrogens is 267 g/mol. The first-order valence-corrected chi connectivity index (χ1v) is 15.9. The van der Waals surface area contributed by atoms with Gasteiger partial charge in [0.05, 0.1) is 0 Å². The summed E-state index contributed by atoms with van der Waals surface area (Å²) in [4.78, 5) is 7.61. The summed E-state index contributed by atoms with van der Waals surface area (Å²) in [6.45, 7) is 0. The molecule has 0 aromatic heterocycles. The van der Waals surface area contributed by atoms with Crippen LogP contribution < -0.4 is 0 Å². The van der Waals surface area contributed by atoms with Gasteiger partial charge in [0.1, 0.15) is 0 Å². The molecule has 0 amide bonds. The summed E-state index contributed by atoms with van der Waals surface area (Å²) < 4.78 is 1.02. The van der Waals surface area contributed by atoms with Gasteiger partial charge in [-0.2, -0.15) is 0 Å². The third-order valence-electron chi connectivity index (χ3n) is 3.41. The van der Waals surface area contributed by atoms with Crippen LogP contribution in [0.15, 0.2) is 0 Å². The summed E-state index contributed by atoms with van der Waals surface area (Å²) >= 11 is -1.66. The second kappa shape index (κ2) is 5.01. The van der Waals surface area contributed by atoms with Crippen LogP contribution in [0.3, 0.4) is 0 Å². The van der Waals surface area contributed by atoms with Crippen LogP contribution in [0.4, 0.5) is 0 Å². The van der Waals surface area contributed by atoms with Crippen molar-refractivity contribution in [2.24, 2.45) is 0 Å². The first-order valence-electron chi connectivity index (χ1n) is 5.68. The van der Waals surface area contributed by atoms with Crippen molar-refractivity contribution in [3.05, 3.63) is 0 Å². The average Bonchev–Trinajstić information content (AvgIpc) is 1.94. The third kappa shape index (κ3) is 4.20. The molecule has 1 aliphatic rings. The van der Waals surface area contributed by atoms with Crippen molar-refractivity contribution in [3.8, 4) is 0 Å². The van der Waals surface area contributed by atoms with E-state index in [1.54, 1.807) is 0 Å². The molecule has 1 aliphatic carbocycles. The fraction of sp³-hybridized carbons (Fsp3) is 1.00. The Morgan fingerprint density at radius 3 is 2.15 bits per heavy atom. The summed E-state index contributed by atoms with van der Waals surface area (Å²) in [5.74, 6) is 0. The van der Waals surface area contributed by atoms with Crippen LogP contribution in [-0.2, 0) is 0 Å². The Kier molecular flexibility index (Phi) is 4.56. The molecule has 0 saturated heterocycles. The Hall–Kier alpha value is 0.759. The predicted octanol–water partition coefficient (Wildman–Crippen LogP) is 3.41. The summed E-state index contributed by atoms with van der Waals surface area (Å²) in [5, 5.41) is 9.62. The van der Waals surface area contributed by atoms with Gasteiger partial charge in [-0.1, -0.05) is 0 Å². The molecule has 2 heteroatoms. The molecule has 1 nitrogen and oxygen atoms in total. The molecule has 13 heavy (non-hydrogen) atoms. The van der Waals surface area contributed by atoms with E-state index in [0.717, 1.165) is 16.8 Å². The van der Waals surface area contributed by atoms with Gasteiger partial charge in [0.15, 0.2) is 0 Å². The maximum atomic E-state index is 9.62. The van der Waals surface area contributed by atoms with E-state index in [2.05, 4.69) is 14.8 Å². The molecule has 0 unspecified atom stereocenters. The first kappa shape index (κ1) is 11.8. The van der Waals surface area contributed by atoms with E-state index in [1.165, 1.54) is 25.7 Å². The van der Waals surface area contributed by atoms with Gasteiger partial charge in [0.2, 0.25) is 0 Å². The molecule has 1 rings (SSSR count). The molecule has 0 heterocycles.